The molecule has 240 valence electrons. The standard InChI is InChI=1S/C42H53N3O/c1-10-33-16-20-36(21-17-33)27-43(4,5)30-39-25-40(31-44(6,7)28-37-22-18-34(11-2)19-23-37)42(46)41(26-39)32-45(8,9)29-38-15-13-14-35(12-3)24-38/h10-26H,1-3,27-32H2,4-9H3/q+2/p+1. The maximum absolute atomic E-state index is 11.8. The molecule has 0 saturated heterocycles. The Morgan fingerprint density at radius 2 is 0.848 bits per heavy atom. The summed E-state index contributed by atoms with van der Waals surface area (Å²) in [5.41, 5.74) is 10.5. The number of hydrogen-bond acceptors (Lipinski definition) is 1. The smallest absolute Gasteiger partial charge is 0.133 e. The van der Waals surface area contributed by atoms with Gasteiger partial charge in [-0.25, -0.2) is 0 Å². The van der Waals surface area contributed by atoms with Gasteiger partial charge in [0.15, 0.2) is 0 Å². The van der Waals surface area contributed by atoms with E-state index >= 15 is 0 Å². The van der Waals surface area contributed by atoms with E-state index < -0.39 is 0 Å². The minimum Gasteiger partial charge on any atom is -0.507 e. The van der Waals surface area contributed by atoms with Crippen LogP contribution in [0.5, 0.6) is 5.75 Å². The summed E-state index contributed by atoms with van der Waals surface area (Å²) >= 11 is 0. The molecule has 0 radical (unpaired) electrons. The van der Waals surface area contributed by atoms with Gasteiger partial charge in [-0.1, -0.05) is 105 Å². The molecule has 0 aliphatic heterocycles. The van der Waals surface area contributed by atoms with Crippen LogP contribution in [0.4, 0.5) is 0 Å². The van der Waals surface area contributed by atoms with Gasteiger partial charge in [0.2, 0.25) is 0 Å². The molecule has 4 nitrogen and oxygen atoms in total. The third-order valence-electron chi connectivity index (χ3n) is 8.58. The van der Waals surface area contributed by atoms with Crippen LogP contribution in [0.3, 0.4) is 0 Å². The van der Waals surface area contributed by atoms with E-state index in [4.69, 9.17) is 0 Å². The minimum absolute atomic E-state index is 0.424. The summed E-state index contributed by atoms with van der Waals surface area (Å²) in [6, 6.07) is 30.3. The van der Waals surface area contributed by atoms with E-state index in [1.54, 1.807) is 0 Å². The van der Waals surface area contributed by atoms with E-state index in [0.29, 0.717) is 5.75 Å². The average Bonchev–Trinajstić information content (AvgIpc) is 2.99. The van der Waals surface area contributed by atoms with Crippen molar-refractivity contribution in [2.45, 2.75) is 39.3 Å². The zero-order chi connectivity index (χ0) is 33.5. The molecule has 1 N–H and O–H groups in total. The zero-order valence-corrected chi connectivity index (χ0v) is 29.0. The van der Waals surface area contributed by atoms with Crippen LogP contribution < -0.4 is 0 Å². The largest absolute Gasteiger partial charge is 0.507 e. The van der Waals surface area contributed by atoms with E-state index in [-0.39, 0.29) is 0 Å². The lowest BCUT2D eigenvalue weighted by Crippen LogP contribution is -2.40. The van der Waals surface area contributed by atoms with Crippen LogP contribution >= 0.6 is 0 Å². The van der Waals surface area contributed by atoms with Crippen LogP contribution in [0.15, 0.2) is 105 Å². The number of rotatable bonds is 15. The highest BCUT2D eigenvalue weighted by Gasteiger charge is 2.27. The summed E-state index contributed by atoms with van der Waals surface area (Å²) < 4.78 is 2.25. The summed E-state index contributed by atoms with van der Waals surface area (Å²) in [5.74, 6) is 0.424. The van der Waals surface area contributed by atoms with Gasteiger partial charge in [0.25, 0.3) is 0 Å². The second-order valence-corrected chi connectivity index (χ2v) is 14.9. The maximum atomic E-state index is 11.8. The Kier molecular flexibility index (Phi) is 10.9. The SMILES string of the molecule is C=Cc1ccc(C[N+](C)(C)Cc2cc(C[N+](C)(C)Cc3ccc(C=C)cc3)c(O)c(C[N+](C)(C)Cc3cccc(C=C)c3)c2)cc1. The van der Waals surface area contributed by atoms with Crippen molar-refractivity contribution in [3.05, 3.63) is 155 Å². The highest BCUT2D eigenvalue weighted by atomic mass is 16.3. The summed E-state index contributed by atoms with van der Waals surface area (Å²) in [6.45, 7) is 16.6. The first kappa shape index (κ1) is 34.6. The van der Waals surface area contributed by atoms with Crippen molar-refractivity contribution in [3.63, 3.8) is 0 Å². The number of benzene rings is 4. The Morgan fingerprint density at radius 1 is 0.457 bits per heavy atom. The molecule has 0 spiro atoms. The Labute approximate surface area is 278 Å². The number of aromatic hydroxyl groups is 1. The molecule has 46 heavy (non-hydrogen) atoms. The summed E-state index contributed by atoms with van der Waals surface area (Å²) in [4.78, 5) is 0. The molecule has 4 rings (SSSR count). The lowest BCUT2D eigenvalue weighted by atomic mass is 10.00. The topological polar surface area (TPSA) is 20.2 Å². The van der Waals surface area contributed by atoms with E-state index in [0.717, 1.165) is 80.5 Å². The van der Waals surface area contributed by atoms with Gasteiger partial charge in [-0.05, 0) is 34.9 Å². The van der Waals surface area contributed by atoms with Crippen LogP contribution in [-0.4, -0.2) is 60.8 Å². The molecule has 4 aromatic rings. The van der Waals surface area contributed by atoms with E-state index in [1.165, 1.54) is 22.3 Å². The molecule has 4 aromatic carbocycles. The first-order valence-corrected chi connectivity index (χ1v) is 16.1. The van der Waals surface area contributed by atoms with Crippen molar-refractivity contribution in [3.8, 4) is 5.75 Å². The van der Waals surface area contributed by atoms with Gasteiger partial charge in [0.1, 0.15) is 45.0 Å². The second-order valence-electron chi connectivity index (χ2n) is 14.9. The van der Waals surface area contributed by atoms with E-state index in [2.05, 4.69) is 147 Å². The van der Waals surface area contributed by atoms with Crippen LogP contribution in [0.2, 0.25) is 0 Å². The van der Waals surface area contributed by atoms with Gasteiger partial charge in [-0.3, -0.25) is 0 Å². The van der Waals surface area contributed by atoms with Crippen LogP contribution in [0, 0.1) is 0 Å². The van der Waals surface area contributed by atoms with Gasteiger partial charge in [0, 0.05) is 33.4 Å². The molecule has 0 unspecified atom stereocenters. The third kappa shape index (κ3) is 9.89. The highest BCUT2D eigenvalue weighted by Crippen LogP contribution is 2.32. The number of phenolic OH excluding ortho intramolecular Hbond substituents is 1. The van der Waals surface area contributed by atoms with Gasteiger partial charge in [0.05, 0.1) is 42.3 Å². The number of hydrogen-bond donors (Lipinski definition) is 1. The highest BCUT2D eigenvalue weighted by molar-refractivity contribution is 5.49. The Bertz CT molecular complexity index is 1660. The number of phenols is 1. The molecular formula is C42H54N3O+3. The molecule has 0 fully saturated rings. The molecule has 0 bridgehead atoms. The Morgan fingerprint density at radius 3 is 1.28 bits per heavy atom. The van der Waals surface area contributed by atoms with Crippen LogP contribution in [0.1, 0.15) is 50.1 Å². The first-order chi connectivity index (χ1) is 21.7. The zero-order valence-electron chi connectivity index (χ0n) is 29.0. The fourth-order valence-corrected chi connectivity index (χ4v) is 6.57. The van der Waals surface area contributed by atoms with Crippen molar-refractivity contribution in [2.75, 3.05) is 42.3 Å². The van der Waals surface area contributed by atoms with Gasteiger partial charge in [-0.2, -0.15) is 0 Å². The molecule has 4 heteroatoms. The lowest BCUT2D eigenvalue weighted by molar-refractivity contribution is -0.918. The average molecular weight is 617 g/mol. The lowest BCUT2D eigenvalue weighted by Gasteiger charge is -2.34. The van der Waals surface area contributed by atoms with Crippen molar-refractivity contribution in [1.82, 2.24) is 0 Å². The molecule has 0 aromatic heterocycles. The molecule has 0 amide bonds. The number of nitrogens with zero attached hydrogens (tertiary/aromatic N) is 3. The van der Waals surface area contributed by atoms with Crippen LogP contribution in [0.25, 0.3) is 18.2 Å². The second kappa shape index (κ2) is 14.5. The molecule has 0 saturated carbocycles. The van der Waals surface area contributed by atoms with E-state index in [9.17, 15) is 5.11 Å². The Hall–Kier alpha value is -4.22. The summed E-state index contributed by atoms with van der Waals surface area (Å²) in [7, 11) is 13.5. The van der Waals surface area contributed by atoms with Gasteiger partial charge in [-0.15, -0.1) is 0 Å². The van der Waals surface area contributed by atoms with Gasteiger partial charge >= 0.3 is 0 Å². The predicted molar refractivity (Wildman–Crippen MR) is 196 cm³/mol. The van der Waals surface area contributed by atoms with Crippen molar-refractivity contribution in [2.24, 2.45) is 0 Å². The van der Waals surface area contributed by atoms with Crippen LogP contribution in [-0.2, 0) is 39.3 Å². The monoisotopic (exact) mass is 616 g/mol. The van der Waals surface area contributed by atoms with Crippen molar-refractivity contribution in [1.29, 1.82) is 0 Å². The molecular weight excluding hydrogens is 562 g/mol. The maximum Gasteiger partial charge on any atom is 0.133 e. The fraction of sp³-hybridized carbons (Fsp3) is 0.286. The van der Waals surface area contributed by atoms with Gasteiger partial charge < -0.3 is 18.6 Å². The predicted octanol–water partition coefficient (Wildman–Crippen LogP) is 8.65. The summed E-state index contributed by atoms with van der Waals surface area (Å²) in [5, 5.41) is 11.8. The van der Waals surface area contributed by atoms with E-state index in [1.807, 2.05) is 18.2 Å². The van der Waals surface area contributed by atoms with Crippen molar-refractivity contribution >= 4 is 18.2 Å². The quantitative estimate of drug-likeness (QED) is 0.133. The number of quaternary nitrogens is 3. The fourth-order valence-electron chi connectivity index (χ4n) is 6.57. The molecule has 0 aliphatic carbocycles. The summed E-state index contributed by atoms with van der Waals surface area (Å²) in [6.07, 6.45) is 5.66. The molecule has 0 atom stereocenters. The Balaban J connectivity index is 1.65. The third-order valence-corrected chi connectivity index (χ3v) is 8.58. The van der Waals surface area contributed by atoms with Crippen molar-refractivity contribution < 1.29 is 18.6 Å². The molecule has 0 heterocycles. The minimum atomic E-state index is 0.424. The molecule has 0 aliphatic rings. The normalized spacial score (nSPS) is 12.1. The first-order valence-electron chi connectivity index (χ1n) is 16.1.